The van der Waals surface area contributed by atoms with Gasteiger partial charge in [-0.3, -0.25) is 9.89 Å². The smallest absolute Gasteiger partial charge is 0.264 e. The van der Waals surface area contributed by atoms with Gasteiger partial charge in [0.2, 0.25) is 0 Å². The van der Waals surface area contributed by atoms with Crippen molar-refractivity contribution in [3.05, 3.63) is 34.9 Å². The Morgan fingerprint density at radius 1 is 1.44 bits per heavy atom. The Kier molecular flexibility index (Phi) is 3.27. The fraction of sp³-hybridized carbons (Fsp3) is 0.500. The van der Waals surface area contributed by atoms with Gasteiger partial charge in [-0.15, -0.1) is 11.8 Å². The number of hydrogen-bond acceptors (Lipinski definition) is 5. The van der Waals surface area contributed by atoms with Crippen LogP contribution in [-0.2, 0) is 9.53 Å². The molecule has 4 aliphatic rings. The number of carbonyl (C=O) groups is 1. The first-order valence-corrected chi connectivity index (χ1v) is 9.57. The molecule has 1 aromatic rings. The van der Waals surface area contributed by atoms with E-state index in [2.05, 4.69) is 15.2 Å². The maximum Gasteiger partial charge on any atom is 0.264 e. The highest BCUT2D eigenvalue weighted by Crippen LogP contribution is 2.53. The van der Waals surface area contributed by atoms with Gasteiger partial charge in [0.05, 0.1) is 23.4 Å². The summed E-state index contributed by atoms with van der Waals surface area (Å²) in [5.74, 6) is 0.778. The Morgan fingerprint density at radius 2 is 2.28 bits per heavy atom. The van der Waals surface area contributed by atoms with Gasteiger partial charge in [-0.25, -0.2) is 4.99 Å². The summed E-state index contributed by atoms with van der Waals surface area (Å²) in [6.07, 6.45) is 7.17. The van der Waals surface area contributed by atoms with E-state index in [-0.39, 0.29) is 17.1 Å². The Morgan fingerprint density at radius 3 is 3.00 bits per heavy atom. The molecule has 3 aliphatic heterocycles. The van der Waals surface area contributed by atoms with E-state index in [9.17, 15) is 9.90 Å². The lowest BCUT2D eigenvalue weighted by Gasteiger charge is -2.31. The van der Waals surface area contributed by atoms with E-state index in [0.29, 0.717) is 12.3 Å². The van der Waals surface area contributed by atoms with E-state index in [1.54, 1.807) is 13.1 Å². The number of H-pyrrole nitrogens is 1. The molecule has 1 unspecified atom stereocenters. The molecule has 1 aromatic heterocycles. The number of ether oxygens (including phenoxy) is 1. The summed E-state index contributed by atoms with van der Waals surface area (Å²) in [6, 6.07) is 0. The van der Waals surface area contributed by atoms with Gasteiger partial charge >= 0.3 is 0 Å². The van der Waals surface area contributed by atoms with Crippen molar-refractivity contribution < 1.29 is 14.6 Å². The van der Waals surface area contributed by atoms with E-state index in [0.717, 1.165) is 53.1 Å². The van der Waals surface area contributed by atoms with Crippen LogP contribution in [0.4, 0.5) is 0 Å². The largest absolute Gasteiger partial charge is 0.492 e. The molecule has 130 valence electrons. The van der Waals surface area contributed by atoms with Crippen molar-refractivity contribution in [3.8, 4) is 0 Å². The summed E-state index contributed by atoms with van der Waals surface area (Å²) in [5, 5.41) is 17.5. The zero-order valence-electron chi connectivity index (χ0n) is 13.9. The summed E-state index contributed by atoms with van der Waals surface area (Å²) in [4.78, 5) is 18.1. The minimum atomic E-state index is -1.04. The van der Waals surface area contributed by atoms with Crippen LogP contribution >= 0.6 is 11.8 Å². The van der Waals surface area contributed by atoms with E-state index < -0.39 is 5.60 Å². The maximum atomic E-state index is 12.8. The average molecular weight is 357 g/mol. The maximum absolute atomic E-state index is 12.8. The molecule has 0 aromatic carbocycles. The molecule has 2 atom stereocenters. The molecule has 1 aliphatic carbocycles. The van der Waals surface area contributed by atoms with Gasteiger partial charge in [0, 0.05) is 17.3 Å². The van der Waals surface area contributed by atoms with Crippen molar-refractivity contribution >= 4 is 28.3 Å². The predicted molar refractivity (Wildman–Crippen MR) is 94.9 cm³/mol. The fourth-order valence-corrected chi connectivity index (χ4v) is 5.24. The molecule has 2 N–H and O–H groups in total. The van der Waals surface area contributed by atoms with Crippen molar-refractivity contribution in [1.29, 1.82) is 0 Å². The number of hydrogen-bond donors (Lipinski definition) is 2. The lowest BCUT2D eigenvalue weighted by atomic mass is 9.82. The van der Waals surface area contributed by atoms with Crippen LogP contribution in [0.5, 0.6) is 0 Å². The average Bonchev–Trinajstić information content (AvgIpc) is 3.25. The number of nitrogens with zero attached hydrogens (tertiary/aromatic N) is 2. The van der Waals surface area contributed by atoms with E-state index in [1.807, 2.05) is 6.20 Å². The zero-order chi connectivity index (χ0) is 17.2. The highest BCUT2D eigenvalue weighted by Gasteiger charge is 2.51. The second-order valence-electron chi connectivity index (χ2n) is 7.21. The Balaban J connectivity index is 1.69. The topological polar surface area (TPSA) is 87.6 Å². The van der Waals surface area contributed by atoms with Gasteiger partial charge in [0.25, 0.3) is 5.91 Å². The van der Waals surface area contributed by atoms with Gasteiger partial charge in [0.1, 0.15) is 16.6 Å². The first-order chi connectivity index (χ1) is 12.1. The predicted octanol–water partition coefficient (Wildman–Crippen LogP) is 2.44. The number of amides is 1. The molecule has 0 spiro atoms. The minimum Gasteiger partial charge on any atom is -0.492 e. The normalized spacial score (nSPS) is 28.3. The molecule has 0 bridgehead atoms. The highest BCUT2D eigenvalue weighted by atomic mass is 32.2. The number of thioether (sulfide) groups is 1. The minimum absolute atomic E-state index is 0.193. The third kappa shape index (κ3) is 2.25. The quantitative estimate of drug-likeness (QED) is 0.867. The van der Waals surface area contributed by atoms with Crippen LogP contribution in [0, 0.1) is 5.92 Å². The summed E-state index contributed by atoms with van der Waals surface area (Å²) < 4.78 is 6.06. The standard InChI is InChI=1S/C18H19N3O3S/c1-18(23,10-4-5-10)16-11-3-2-6-24-13-12(11)15(17(22)21-16)25-14(13)9-7-19-20-8-9/h7-8,10,15,23H,2-6H2,1H3,(H,19,20)/t15?,18-/m0/s1. The Hall–Kier alpha value is -1.86. The third-order valence-electron chi connectivity index (χ3n) is 5.44. The number of dihydropyridines is 1. The molecule has 5 rings (SSSR count). The molecular weight excluding hydrogens is 338 g/mol. The van der Waals surface area contributed by atoms with Gasteiger partial charge in [-0.2, -0.15) is 5.10 Å². The Labute approximate surface area is 149 Å². The Bertz CT molecular complexity index is 847. The summed E-state index contributed by atoms with van der Waals surface area (Å²) in [5.41, 5.74) is 2.39. The molecule has 6 nitrogen and oxygen atoms in total. The number of aromatic amines is 1. The van der Waals surface area contributed by atoms with Crippen LogP contribution in [0.2, 0.25) is 0 Å². The van der Waals surface area contributed by atoms with Crippen molar-refractivity contribution in [2.24, 2.45) is 10.9 Å². The second-order valence-corrected chi connectivity index (χ2v) is 8.32. The highest BCUT2D eigenvalue weighted by molar-refractivity contribution is 8.10. The monoisotopic (exact) mass is 357 g/mol. The van der Waals surface area contributed by atoms with Crippen LogP contribution in [0.1, 0.15) is 38.2 Å². The summed E-state index contributed by atoms with van der Waals surface area (Å²) in [7, 11) is 0. The van der Waals surface area contributed by atoms with Crippen molar-refractivity contribution in [2.45, 2.75) is 43.5 Å². The van der Waals surface area contributed by atoms with E-state index in [4.69, 9.17) is 4.74 Å². The van der Waals surface area contributed by atoms with E-state index in [1.165, 1.54) is 11.8 Å². The number of carbonyl (C=O) groups excluding carboxylic acids is 1. The number of rotatable bonds is 3. The van der Waals surface area contributed by atoms with Crippen molar-refractivity contribution in [3.63, 3.8) is 0 Å². The summed E-state index contributed by atoms with van der Waals surface area (Å²) >= 11 is 1.48. The molecule has 0 radical (unpaired) electrons. The molecule has 25 heavy (non-hydrogen) atoms. The van der Waals surface area contributed by atoms with E-state index >= 15 is 0 Å². The van der Waals surface area contributed by atoms with Crippen molar-refractivity contribution in [2.75, 3.05) is 6.61 Å². The van der Waals surface area contributed by atoms with Crippen molar-refractivity contribution in [1.82, 2.24) is 10.2 Å². The van der Waals surface area contributed by atoms with Gasteiger partial charge in [-0.1, -0.05) is 0 Å². The molecule has 1 saturated carbocycles. The first kappa shape index (κ1) is 15.4. The van der Waals surface area contributed by atoms with Crippen LogP contribution in [0.15, 0.2) is 34.3 Å². The zero-order valence-corrected chi connectivity index (χ0v) is 14.7. The van der Waals surface area contributed by atoms with Crippen LogP contribution in [0.25, 0.3) is 4.91 Å². The number of allylic oxidation sites excluding steroid dienone is 1. The first-order valence-electron chi connectivity index (χ1n) is 8.69. The number of aliphatic hydroxyl groups is 1. The molecule has 1 fully saturated rings. The number of aromatic nitrogens is 2. The lowest BCUT2D eigenvalue weighted by Crippen LogP contribution is -2.43. The van der Waals surface area contributed by atoms with Crippen LogP contribution in [0.3, 0.4) is 0 Å². The fourth-order valence-electron chi connectivity index (χ4n) is 3.96. The second kappa shape index (κ2) is 5.32. The third-order valence-corrected chi connectivity index (χ3v) is 6.77. The van der Waals surface area contributed by atoms with Gasteiger partial charge < -0.3 is 9.84 Å². The van der Waals surface area contributed by atoms with Gasteiger partial charge in [-0.05, 0) is 44.1 Å². The SMILES string of the molecule is C[C@@](O)(C1=NC(=O)C2SC(c3cn[nH]c3)=C3OCCCC1=C32)C1CC1. The molecular formula is C18H19N3O3S. The number of nitrogens with one attached hydrogen (secondary N) is 1. The van der Waals surface area contributed by atoms with Crippen LogP contribution in [-0.4, -0.2) is 44.4 Å². The molecule has 0 saturated heterocycles. The summed E-state index contributed by atoms with van der Waals surface area (Å²) in [6.45, 7) is 2.41. The van der Waals surface area contributed by atoms with Crippen LogP contribution < -0.4 is 0 Å². The lowest BCUT2D eigenvalue weighted by molar-refractivity contribution is -0.116. The molecule has 4 heterocycles. The molecule has 7 heteroatoms. The van der Waals surface area contributed by atoms with Gasteiger partial charge in [0.15, 0.2) is 0 Å². The molecule has 1 amide bonds. The number of aliphatic imine (C=N–C) groups is 1.